The van der Waals surface area contributed by atoms with Gasteiger partial charge in [-0.2, -0.15) is 4.31 Å². The van der Waals surface area contributed by atoms with Gasteiger partial charge in [0, 0.05) is 18.7 Å². The molecule has 0 spiro atoms. The first-order valence-electron chi connectivity index (χ1n) is 6.39. The van der Waals surface area contributed by atoms with Crippen molar-refractivity contribution in [2.45, 2.75) is 24.6 Å². The topological polar surface area (TPSA) is 76.5 Å². The van der Waals surface area contributed by atoms with E-state index in [1.54, 1.807) is 25.1 Å². The molecule has 5 nitrogen and oxygen atoms in total. The minimum Gasteiger partial charge on any atom is -0.447 e. The second kappa shape index (κ2) is 5.97. The van der Waals surface area contributed by atoms with Crippen LogP contribution in [-0.2, 0) is 16.6 Å². The number of nitrogens with zero attached hydrogens (tertiary/aromatic N) is 1. The van der Waals surface area contributed by atoms with Crippen LogP contribution in [0.3, 0.4) is 0 Å². The Bertz CT molecular complexity index is 727. The van der Waals surface area contributed by atoms with Crippen LogP contribution in [0.4, 0.5) is 4.39 Å². The molecule has 2 aromatic rings. The van der Waals surface area contributed by atoms with E-state index in [2.05, 4.69) is 0 Å². The van der Waals surface area contributed by atoms with Crippen molar-refractivity contribution in [3.8, 4) is 0 Å². The van der Waals surface area contributed by atoms with Gasteiger partial charge in [0.05, 0.1) is 6.54 Å². The van der Waals surface area contributed by atoms with Gasteiger partial charge in [-0.3, -0.25) is 0 Å². The summed E-state index contributed by atoms with van der Waals surface area (Å²) in [6.07, 6.45) is 0. The summed E-state index contributed by atoms with van der Waals surface area (Å²) in [5, 5.41) is -0.200. The van der Waals surface area contributed by atoms with Crippen molar-refractivity contribution >= 4 is 10.0 Å². The Labute approximate surface area is 123 Å². The van der Waals surface area contributed by atoms with Crippen LogP contribution in [0.25, 0.3) is 0 Å². The highest BCUT2D eigenvalue weighted by atomic mass is 32.2. The van der Waals surface area contributed by atoms with Gasteiger partial charge in [0.25, 0.3) is 10.0 Å². The lowest BCUT2D eigenvalue weighted by atomic mass is 10.1. The summed E-state index contributed by atoms with van der Waals surface area (Å²) in [6.45, 7) is 1.73. The minimum atomic E-state index is -3.85. The molecule has 0 aliphatic carbocycles. The van der Waals surface area contributed by atoms with E-state index in [1.165, 1.54) is 25.2 Å². The van der Waals surface area contributed by atoms with Gasteiger partial charge < -0.3 is 10.2 Å². The van der Waals surface area contributed by atoms with E-state index in [4.69, 9.17) is 10.2 Å². The first kappa shape index (κ1) is 15.7. The quantitative estimate of drug-likeness (QED) is 0.918. The smallest absolute Gasteiger partial charge is 0.276 e. The molecule has 2 rings (SSSR count). The third-order valence-corrected chi connectivity index (χ3v) is 5.17. The Morgan fingerprint density at radius 2 is 1.95 bits per heavy atom. The molecule has 1 aromatic heterocycles. The Morgan fingerprint density at radius 3 is 2.52 bits per heavy atom. The number of nitrogens with two attached hydrogens (primary N) is 1. The Hall–Kier alpha value is -1.70. The van der Waals surface area contributed by atoms with Crippen LogP contribution < -0.4 is 5.73 Å². The van der Waals surface area contributed by atoms with Crippen LogP contribution in [0.1, 0.15) is 24.3 Å². The molecule has 7 heteroatoms. The normalized spacial score (nSPS) is 13.6. The largest absolute Gasteiger partial charge is 0.447 e. The second-order valence-electron chi connectivity index (χ2n) is 4.64. The Balaban J connectivity index is 2.34. The van der Waals surface area contributed by atoms with E-state index >= 15 is 0 Å². The van der Waals surface area contributed by atoms with Crippen molar-refractivity contribution < 1.29 is 17.2 Å². The van der Waals surface area contributed by atoms with E-state index in [9.17, 15) is 12.8 Å². The molecule has 1 unspecified atom stereocenters. The highest BCUT2D eigenvalue weighted by Crippen LogP contribution is 2.28. The molecule has 0 radical (unpaired) electrons. The first-order chi connectivity index (χ1) is 9.87. The maximum atomic E-state index is 13.8. The lowest BCUT2D eigenvalue weighted by Crippen LogP contribution is -2.30. The fraction of sp³-hybridized carbons (Fsp3) is 0.286. The molecule has 2 N–H and O–H groups in total. The zero-order valence-corrected chi connectivity index (χ0v) is 12.6. The molecule has 114 valence electrons. The van der Waals surface area contributed by atoms with Gasteiger partial charge in [-0.1, -0.05) is 18.2 Å². The third-order valence-electron chi connectivity index (χ3n) is 3.37. The van der Waals surface area contributed by atoms with Gasteiger partial charge in [0.2, 0.25) is 5.09 Å². The van der Waals surface area contributed by atoms with Crippen LogP contribution in [0.2, 0.25) is 0 Å². The molecule has 21 heavy (non-hydrogen) atoms. The van der Waals surface area contributed by atoms with Crippen LogP contribution in [0.5, 0.6) is 0 Å². The second-order valence-corrected chi connectivity index (χ2v) is 6.57. The molecular formula is C14H17FN2O3S. The molecule has 1 heterocycles. The monoisotopic (exact) mass is 312 g/mol. The number of hydrogen-bond donors (Lipinski definition) is 1. The van der Waals surface area contributed by atoms with E-state index in [1.807, 2.05) is 0 Å². The molecule has 0 aliphatic rings. The van der Waals surface area contributed by atoms with Crippen molar-refractivity contribution in [3.63, 3.8) is 0 Å². The van der Waals surface area contributed by atoms with Crippen molar-refractivity contribution in [3.05, 3.63) is 53.5 Å². The summed E-state index contributed by atoms with van der Waals surface area (Å²) in [6, 6.07) is 8.26. The van der Waals surface area contributed by atoms with E-state index in [-0.39, 0.29) is 11.6 Å². The lowest BCUT2D eigenvalue weighted by Gasteiger charge is -2.23. The summed E-state index contributed by atoms with van der Waals surface area (Å²) >= 11 is 0. The van der Waals surface area contributed by atoms with Crippen LogP contribution in [0, 0.1) is 5.82 Å². The van der Waals surface area contributed by atoms with Crippen molar-refractivity contribution in [2.24, 2.45) is 5.73 Å². The average molecular weight is 312 g/mol. The predicted molar refractivity (Wildman–Crippen MR) is 76.4 cm³/mol. The van der Waals surface area contributed by atoms with Crippen LogP contribution >= 0.6 is 0 Å². The van der Waals surface area contributed by atoms with E-state index in [0.717, 1.165) is 4.31 Å². The van der Waals surface area contributed by atoms with Gasteiger partial charge in [0.15, 0.2) is 0 Å². The first-order valence-corrected chi connectivity index (χ1v) is 7.83. The summed E-state index contributed by atoms with van der Waals surface area (Å²) in [5.41, 5.74) is 5.70. The van der Waals surface area contributed by atoms with E-state index in [0.29, 0.717) is 11.3 Å². The molecule has 0 amide bonds. The minimum absolute atomic E-state index is 0.113. The Morgan fingerprint density at radius 1 is 1.29 bits per heavy atom. The van der Waals surface area contributed by atoms with Gasteiger partial charge in [-0.15, -0.1) is 0 Å². The molecule has 0 aliphatic heterocycles. The number of hydrogen-bond acceptors (Lipinski definition) is 4. The van der Waals surface area contributed by atoms with Gasteiger partial charge in [0.1, 0.15) is 11.6 Å². The summed E-state index contributed by atoms with van der Waals surface area (Å²) < 4.78 is 45.0. The molecule has 1 aromatic carbocycles. The molecule has 0 saturated heterocycles. The van der Waals surface area contributed by atoms with Gasteiger partial charge in [-0.05, 0) is 25.1 Å². The fourth-order valence-electron chi connectivity index (χ4n) is 1.97. The van der Waals surface area contributed by atoms with Crippen molar-refractivity contribution in [1.29, 1.82) is 0 Å². The van der Waals surface area contributed by atoms with E-state index < -0.39 is 21.9 Å². The highest BCUT2D eigenvalue weighted by molar-refractivity contribution is 7.89. The number of rotatable bonds is 5. The van der Waals surface area contributed by atoms with Crippen LogP contribution in [-0.4, -0.2) is 19.8 Å². The number of sulfonamides is 1. The average Bonchev–Trinajstić information content (AvgIpc) is 2.96. The number of benzene rings is 1. The summed E-state index contributed by atoms with van der Waals surface area (Å²) in [4.78, 5) is 0. The zero-order chi connectivity index (χ0) is 15.6. The molecule has 1 atom stereocenters. The highest BCUT2D eigenvalue weighted by Gasteiger charge is 2.30. The molecular weight excluding hydrogens is 295 g/mol. The predicted octanol–water partition coefficient (Wildman–Crippen LogP) is 2.26. The number of halogens is 1. The molecule has 0 saturated carbocycles. The number of furan rings is 1. The van der Waals surface area contributed by atoms with Crippen molar-refractivity contribution in [2.75, 3.05) is 7.05 Å². The third kappa shape index (κ3) is 2.99. The SMILES string of the molecule is CC(c1ccccc1F)N(C)S(=O)(=O)c1ccc(CN)o1. The summed E-state index contributed by atoms with van der Waals surface area (Å²) in [5.74, 6) is -0.0744. The zero-order valence-electron chi connectivity index (χ0n) is 11.8. The van der Waals surface area contributed by atoms with Crippen LogP contribution in [0.15, 0.2) is 45.9 Å². The maximum Gasteiger partial charge on any atom is 0.276 e. The summed E-state index contributed by atoms with van der Waals surface area (Å²) in [7, 11) is -2.46. The lowest BCUT2D eigenvalue weighted by molar-refractivity contribution is 0.355. The Kier molecular flexibility index (Phi) is 4.46. The van der Waals surface area contributed by atoms with Crippen molar-refractivity contribution in [1.82, 2.24) is 4.31 Å². The molecule has 0 fully saturated rings. The maximum absolute atomic E-state index is 13.8. The van der Waals surface area contributed by atoms with Gasteiger partial charge >= 0.3 is 0 Å². The molecule has 0 bridgehead atoms. The fourth-order valence-corrected chi connectivity index (χ4v) is 3.23. The standard InChI is InChI=1S/C14H17FN2O3S/c1-10(12-5-3-4-6-13(12)15)17(2)21(18,19)14-8-7-11(9-16)20-14/h3-8,10H,9,16H2,1-2H3. The van der Waals surface area contributed by atoms with Gasteiger partial charge in [-0.25, -0.2) is 12.8 Å².